The van der Waals surface area contributed by atoms with Gasteiger partial charge in [0.05, 0.1) is 22.7 Å². The Morgan fingerprint density at radius 1 is 0.898 bits per heavy atom. The fourth-order valence-electron chi connectivity index (χ4n) is 6.84. The molecule has 14 heteroatoms. The second kappa shape index (κ2) is 17.9. The summed E-state index contributed by atoms with van der Waals surface area (Å²) in [6.45, 7) is 7.85. The maximum Gasteiger partial charge on any atom is 0.411 e. The maximum absolute atomic E-state index is 14.0. The first kappa shape index (κ1) is 41.2. The van der Waals surface area contributed by atoms with Crippen molar-refractivity contribution in [3.63, 3.8) is 0 Å². The molecule has 2 aliphatic heterocycles. The van der Waals surface area contributed by atoms with Gasteiger partial charge in [-0.1, -0.05) is 53.5 Å². The molecule has 1 aromatic heterocycles. The van der Waals surface area contributed by atoms with Crippen LogP contribution < -0.4 is 24.3 Å². The number of pyridine rings is 1. The number of rotatable bonds is 12. The highest BCUT2D eigenvalue weighted by atomic mass is 35.5. The molecule has 2 amide bonds. The Balaban J connectivity index is 1.02. The molecular weight excluding hydrogens is 797 g/mol. The molecule has 7 rings (SSSR count). The SMILES string of the molecule is Cc1nccc(Oc2ccc(CC(NC(=O)C3Cc4cc5c(cc4CN3C(=O)OC(C)C)OC(c3ccc(OCc4ccc(Cl)c(Cl)c4)cc3)CO5)C(=O)O)cc2)c1C. The van der Waals surface area contributed by atoms with E-state index < -0.39 is 42.3 Å². The number of halogens is 2. The van der Waals surface area contributed by atoms with Gasteiger partial charge in [0.15, 0.2) is 17.6 Å². The number of carbonyl (C=O) groups is 3. The molecule has 0 spiro atoms. The zero-order valence-corrected chi connectivity index (χ0v) is 34.4. The van der Waals surface area contributed by atoms with E-state index in [1.165, 1.54) is 4.90 Å². The minimum absolute atomic E-state index is 0.00281. The molecule has 306 valence electrons. The Kier molecular flexibility index (Phi) is 12.5. The first-order valence-corrected chi connectivity index (χ1v) is 19.9. The third-order valence-corrected chi connectivity index (χ3v) is 10.9. The van der Waals surface area contributed by atoms with Crippen molar-refractivity contribution in [2.45, 2.75) is 78.0 Å². The number of carboxylic acid groups (broad SMARTS) is 1. The number of aryl methyl sites for hydroxylation is 1. The average Bonchev–Trinajstić information content (AvgIpc) is 3.21. The minimum atomic E-state index is -1.27. The quantitative estimate of drug-likeness (QED) is 0.125. The molecule has 5 aromatic rings. The van der Waals surface area contributed by atoms with E-state index in [2.05, 4.69) is 10.3 Å². The Hall–Kier alpha value is -5.98. The lowest BCUT2D eigenvalue weighted by Crippen LogP contribution is -2.56. The van der Waals surface area contributed by atoms with Gasteiger partial charge < -0.3 is 34.1 Å². The fraction of sp³-hybridized carbons (Fsp3) is 0.289. The van der Waals surface area contributed by atoms with E-state index in [4.69, 9.17) is 46.9 Å². The van der Waals surface area contributed by atoms with Crippen LogP contribution in [0.1, 0.15) is 59.0 Å². The number of nitrogens with one attached hydrogen (secondary N) is 1. The van der Waals surface area contributed by atoms with E-state index >= 15 is 0 Å². The molecule has 3 heterocycles. The molecular formula is C45H43Cl2N3O9. The largest absolute Gasteiger partial charge is 0.489 e. The molecule has 0 fully saturated rings. The van der Waals surface area contributed by atoms with Gasteiger partial charge in [-0.2, -0.15) is 0 Å². The predicted molar refractivity (Wildman–Crippen MR) is 221 cm³/mol. The van der Waals surface area contributed by atoms with E-state index in [-0.39, 0.29) is 26.0 Å². The van der Waals surface area contributed by atoms with E-state index in [1.54, 1.807) is 62.5 Å². The number of aromatic nitrogens is 1. The van der Waals surface area contributed by atoms with Gasteiger partial charge in [0.25, 0.3) is 0 Å². The summed E-state index contributed by atoms with van der Waals surface area (Å²) in [5.74, 6) is 1.07. The van der Waals surface area contributed by atoms with Gasteiger partial charge in [-0.15, -0.1) is 0 Å². The summed E-state index contributed by atoms with van der Waals surface area (Å²) in [6.07, 6.45) is 0.217. The van der Waals surface area contributed by atoms with Crippen molar-refractivity contribution in [1.29, 1.82) is 0 Å². The molecule has 59 heavy (non-hydrogen) atoms. The van der Waals surface area contributed by atoms with Crippen molar-refractivity contribution in [1.82, 2.24) is 15.2 Å². The third-order valence-electron chi connectivity index (χ3n) is 10.2. The molecule has 3 unspecified atom stereocenters. The lowest BCUT2D eigenvalue weighted by atomic mass is 9.92. The van der Waals surface area contributed by atoms with Crippen LogP contribution in [-0.2, 0) is 40.3 Å². The summed E-state index contributed by atoms with van der Waals surface area (Å²) in [6, 6.07) is 23.0. The summed E-state index contributed by atoms with van der Waals surface area (Å²) in [5.41, 5.74) is 5.72. The van der Waals surface area contributed by atoms with E-state index in [1.807, 2.05) is 56.3 Å². The lowest BCUT2D eigenvalue weighted by molar-refractivity contribution is -0.142. The highest BCUT2D eigenvalue weighted by molar-refractivity contribution is 6.42. The predicted octanol–water partition coefficient (Wildman–Crippen LogP) is 8.97. The summed E-state index contributed by atoms with van der Waals surface area (Å²) >= 11 is 12.2. The smallest absolute Gasteiger partial charge is 0.411 e. The number of ether oxygens (including phenoxy) is 5. The summed E-state index contributed by atoms with van der Waals surface area (Å²) in [4.78, 5) is 45.5. The highest BCUT2D eigenvalue weighted by Gasteiger charge is 2.39. The molecule has 12 nitrogen and oxygen atoms in total. The van der Waals surface area contributed by atoms with Crippen molar-refractivity contribution in [3.05, 3.63) is 140 Å². The van der Waals surface area contributed by atoms with Crippen molar-refractivity contribution in [2.75, 3.05) is 6.61 Å². The molecule has 0 aliphatic carbocycles. The Morgan fingerprint density at radius 2 is 1.61 bits per heavy atom. The number of hydrogen-bond acceptors (Lipinski definition) is 9. The lowest BCUT2D eigenvalue weighted by Gasteiger charge is -2.37. The minimum Gasteiger partial charge on any atom is -0.489 e. The molecule has 0 bridgehead atoms. The van der Waals surface area contributed by atoms with Gasteiger partial charge in [-0.3, -0.25) is 14.7 Å². The van der Waals surface area contributed by atoms with Gasteiger partial charge in [0, 0.05) is 30.3 Å². The van der Waals surface area contributed by atoms with Crippen LogP contribution in [0.2, 0.25) is 10.0 Å². The van der Waals surface area contributed by atoms with Crippen LogP contribution >= 0.6 is 23.2 Å². The van der Waals surface area contributed by atoms with Crippen molar-refractivity contribution in [3.8, 4) is 28.7 Å². The Labute approximate surface area is 351 Å². The molecule has 2 aliphatic rings. The van der Waals surface area contributed by atoms with Gasteiger partial charge in [0.1, 0.15) is 42.5 Å². The van der Waals surface area contributed by atoms with Crippen LogP contribution in [-0.4, -0.2) is 57.8 Å². The summed E-state index contributed by atoms with van der Waals surface area (Å²) in [7, 11) is 0. The van der Waals surface area contributed by atoms with Crippen LogP contribution in [0.4, 0.5) is 4.79 Å². The monoisotopic (exact) mass is 839 g/mol. The molecule has 4 aromatic carbocycles. The molecule has 0 radical (unpaired) electrons. The number of carbonyl (C=O) groups excluding carboxylic acids is 2. The summed E-state index contributed by atoms with van der Waals surface area (Å²) < 4.78 is 30.1. The number of nitrogens with zero attached hydrogens (tertiary/aromatic N) is 2. The number of fused-ring (bicyclic) bond motifs is 2. The molecule has 2 N–H and O–H groups in total. The fourth-order valence-corrected chi connectivity index (χ4v) is 7.16. The van der Waals surface area contributed by atoms with Gasteiger partial charge in [0.2, 0.25) is 5.91 Å². The normalized spacial score (nSPS) is 16.2. The maximum atomic E-state index is 14.0. The van der Waals surface area contributed by atoms with Crippen molar-refractivity contribution >= 4 is 41.2 Å². The Morgan fingerprint density at radius 3 is 2.32 bits per heavy atom. The number of aliphatic carboxylic acids is 1. The van der Waals surface area contributed by atoms with E-state index in [0.29, 0.717) is 51.0 Å². The van der Waals surface area contributed by atoms with Crippen LogP contribution in [0, 0.1) is 13.8 Å². The molecule has 0 saturated carbocycles. The zero-order chi connectivity index (χ0) is 41.8. The second-order valence-electron chi connectivity index (χ2n) is 14.7. The van der Waals surface area contributed by atoms with Crippen LogP contribution in [0.5, 0.6) is 28.7 Å². The van der Waals surface area contributed by atoms with Gasteiger partial charge >= 0.3 is 12.1 Å². The highest BCUT2D eigenvalue weighted by Crippen LogP contribution is 2.41. The number of benzene rings is 4. The third kappa shape index (κ3) is 9.84. The van der Waals surface area contributed by atoms with Crippen LogP contribution in [0.15, 0.2) is 91.1 Å². The molecule has 3 atom stereocenters. The number of hydrogen-bond donors (Lipinski definition) is 2. The van der Waals surface area contributed by atoms with Crippen molar-refractivity contribution in [2.24, 2.45) is 0 Å². The van der Waals surface area contributed by atoms with Crippen LogP contribution in [0.3, 0.4) is 0 Å². The van der Waals surface area contributed by atoms with Crippen LogP contribution in [0.25, 0.3) is 0 Å². The first-order valence-electron chi connectivity index (χ1n) is 19.1. The second-order valence-corrected chi connectivity index (χ2v) is 15.6. The topological polar surface area (TPSA) is 146 Å². The zero-order valence-electron chi connectivity index (χ0n) is 32.9. The molecule has 0 saturated heterocycles. The van der Waals surface area contributed by atoms with Gasteiger partial charge in [-0.25, -0.2) is 9.59 Å². The number of amides is 2. The summed E-state index contributed by atoms with van der Waals surface area (Å²) in [5, 5.41) is 13.8. The van der Waals surface area contributed by atoms with E-state index in [0.717, 1.165) is 33.5 Å². The van der Waals surface area contributed by atoms with E-state index in [9.17, 15) is 19.5 Å². The first-order chi connectivity index (χ1) is 28.3. The average molecular weight is 841 g/mol. The van der Waals surface area contributed by atoms with Gasteiger partial charge in [-0.05, 0) is 110 Å². The Bertz CT molecular complexity index is 2360. The van der Waals surface area contributed by atoms with Crippen molar-refractivity contribution < 1.29 is 43.2 Å². The number of carboxylic acids is 1. The standard InChI is InChI=1S/C45H43Cl2N3O9/c1-25(2)57-45(54)50-22-32-21-41-40(56-24-42(59-41)30-8-12-33(13-9-30)55-23-29-7-14-35(46)36(47)17-29)20-31(32)19-38(50)43(51)49-37(44(52)53)18-28-5-10-34(11-6-28)58-39-15-16-48-27(4)26(39)3/h5-17,20-21,25,37-38,42H,18-19,22-24H2,1-4H3,(H,49,51)(H,52,53).